The van der Waals surface area contributed by atoms with E-state index in [-0.39, 0.29) is 17.6 Å². The Morgan fingerprint density at radius 2 is 1.95 bits per heavy atom. The van der Waals surface area contributed by atoms with E-state index in [0.717, 1.165) is 24.3 Å². The molecule has 1 atom stereocenters. The summed E-state index contributed by atoms with van der Waals surface area (Å²) >= 11 is 0. The highest BCUT2D eigenvalue weighted by atomic mass is 16.5. The number of benzene rings is 1. The lowest BCUT2D eigenvalue weighted by Crippen LogP contribution is -2.39. The standard InChI is InChI=1S/C29H39N7O2/c1-7-30-28-32-20-23-26(33-28)34(5)17-18-36(27(23)37)21-11-10-12-22(19-21)38-25(24-13-8-9-15-31-24)14-16-35(6)29(2,3)4/h8-13,15,19-20,25H,7,14,16-18H2,1-6H3,(H,30,32,33). The Bertz CT molecular complexity index is 1230. The van der Waals surface area contributed by atoms with Gasteiger partial charge in [0.25, 0.3) is 5.91 Å². The number of likely N-dealkylation sites (N-methyl/N-ethyl adjacent to an activating group) is 1. The quantitative estimate of drug-likeness (QED) is 0.439. The van der Waals surface area contributed by atoms with Crippen molar-refractivity contribution < 1.29 is 9.53 Å². The van der Waals surface area contributed by atoms with Gasteiger partial charge < -0.3 is 24.8 Å². The predicted molar refractivity (Wildman–Crippen MR) is 152 cm³/mol. The number of ether oxygens (including phenoxy) is 1. The molecular weight excluding hydrogens is 478 g/mol. The van der Waals surface area contributed by atoms with Crippen LogP contribution in [0.15, 0.2) is 54.9 Å². The maximum atomic E-state index is 13.6. The Balaban J connectivity index is 1.58. The lowest BCUT2D eigenvalue weighted by Gasteiger charge is -2.33. The second-order valence-electron chi connectivity index (χ2n) is 10.6. The third-order valence-corrected chi connectivity index (χ3v) is 6.90. The summed E-state index contributed by atoms with van der Waals surface area (Å²) in [6, 6.07) is 13.6. The highest BCUT2D eigenvalue weighted by Gasteiger charge is 2.28. The molecule has 0 radical (unpaired) electrons. The van der Waals surface area contributed by atoms with Crippen molar-refractivity contribution in [3.8, 4) is 5.75 Å². The summed E-state index contributed by atoms with van der Waals surface area (Å²) in [6.45, 7) is 11.3. The zero-order chi connectivity index (χ0) is 27.3. The van der Waals surface area contributed by atoms with Gasteiger partial charge in [-0.25, -0.2) is 4.98 Å². The lowest BCUT2D eigenvalue weighted by atomic mass is 10.1. The van der Waals surface area contributed by atoms with Crippen molar-refractivity contribution in [2.75, 3.05) is 55.4 Å². The van der Waals surface area contributed by atoms with Gasteiger partial charge >= 0.3 is 0 Å². The van der Waals surface area contributed by atoms with Crippen molar-refractivity contribution >= 4 is 23.4 Å². The van der Waals surface area contributed by atoms with Gasteiger partial charge in [0.1, 0.15) is 23.2 Å². The molecule has 9 heteroatoms. The van der Waals surface area contributed by atoms with E-state index in [0.29, 0.717) is 42.7 Å². The predicted octanol–water partition coefficient (Wildman–Crippen LogP) is 4.64. The minimum Gasteiger partial charge on any atom is -0.484 e. The molecular formula is C29H39N7O2. The summed E-state index contributed by atoms with van der Waals surface area (Å²) in [5, 5.41) is 3.12. The van der Waals surface area contributed by atoms with E-state index in [1.807, 2.05) is 61.3 Å². The molecule has 1 aliphatic heterocycles. The van der Waals surface area contributed by atoms with Gasteiger partial charge in [0.15, 0.2) is 0 Å². The first-order valence-electron chi connectivity index (χ1n) is 13.2. The van der Waals surface area contributed by atoms with Crippen LogP contribution < -0.4 is 19.9 Å². The van der Waals surface area contributed by atoms with Crippen molar-refractivity contribution in [1.29, 1.82) is 0 Å². The van der Waals surface area contributed by atoms with E-state index >= 15 is 0 Å². The molecule has 4 rings (SSSR count). The third-order valence-electron chi connectivity index (χ3n) is 6.90. The molecule has 1 unspecified atom stereocenters. The summed E-state index contributed by atoms with van der Waals surface area (Å²) in [5.41, 5.74) is 2.20. The molecule has 1 aliphatic rings. The zero-order valence-corrected chi connectivity index (χ0v) is 23.3. The molecule has 3 aromatic rings. The topological polar surface area (TPSA) is 86.7 Å². The van der Waals surface area contributed by atoms with Crippen molar-refractivity contribution in [2.24, 2.45) is 0 Å². The molecule has 38 heavy (non-hydrogen) atoms. The summed E-state index contributed by atoms with van der Waals surface area (Å²) in [7, 11) is 4.07. The minimum absolute atomic E-state index is 0.0578. The van der Waals surface area contributed by atoms with Crippen LogP contribution in [0.3, 0.4) is 0 Å². The number of carbonyl (C=O) groups excluding carboxylic acids is 1. The van der Waals surface area contributed by atoms with Crippen LogP contribution in [0.2, 0.25) is 0 Å². The van der Waals surface area contributed by atoms with E-state index in [1.165, 1.54) is 0 Å². The highest BCUT2D eigenvalue weighted by Crippen LogP contribution is 2.31. The zero-order valence-electron chi connectivity index (χ0n) is 23.3. The number of amides is 1. The number of hydrogen-bond donors (Lipinski definition) is 1. The van der Waals surface area contributed by atoms with Crippen LogP contribution >= 0.6 is 0 Å². The van der Waals surface area contributed by atoms with Gasteiger partial charge in [0.05, 0.1) is 5.69 Å². The Morgan fingerprint density at radius 3 is 2.66 bits per heavy atom. The Morgan fingerprint density at radius 1 is 1.13 bits per heavy atom. The molecule has 1 N–H and O–H groups in total. The molecule has 1 amide bonds. The van der Waals surface area contributed by atoms with E-state index in [4.69, 9.17) is 4.74 Å². The van der Waals surface area contributed by atoms with Gasteiger partial charge in [0.2, 0.25) is 5.95 Å². The van der Waals surface area contributed by atoms with Gasteiger partial charge in [0, 0.05) is 69.3 Å². The molecule has 1 aromatic carbocycles. The maximum absolute atomic E-state index is 13.6. The van der Waals surface area contributed by atoms with Gasteiger partial charge in [-0.05, 0) is 59.0 Å². The average Bonchev–Trinajstić information content (AvgIpc) is 3.02. The fourth-order valence-electron chi connectivity index (χ4n) is 4.28. The molecule has 202 valence electrons. The monoisotopic (exact) mass is 517 g/mol. The molecule has 3 heterocycles. The van der Waals surface area contributed by atoms with Crippen molar-refractivity contribution in [1.82, 2.24) is 19.9 Å². The number of nitrogens with one attached hydrogen (secondary N) is 1. The van der Waals surface area contributed by atoms with Crippen LogP contribution in [0.4, 0.5) is 17.5 Å². The van der Waals surface area contributed by atoms with Crippen LogP contribution in [-0.4, -0.2) is 71.6 Å². The third kappa shape index (κ3) is 6.39. The summed E-state index contributed by atoms with van der Waals surface area (Å²) < 4.78 is 6.52. The van der Waals surface area contributed by atoms with Gasteiger partial charge in [-0.1, -0.05) is 12.1 Å². The van der Waals surface area contributed by atoms with Crippen LogP contribution in [0.5, 0.6) is 5.75 Å². The second kappa shape index (κ2) is 11.8. The van der Waals surface area contributed by atoms with Crippen LogP contribution in [0.25, 0.3) is 0 Å². The van der Waals surface area contributed by atoms with Crippen molar-refractivity contribution in [3.63, 3.8) is 0 Å². The molecule has 0 saturated carbocycles. The number of nitrogens with zero attached hydrogens (tertiary/aromatic N) is 6. The Kier molecular flexibility index (Phi) is 8.46. The Hall–Kier alpha value is -3.72. The smallest absolute Gasteiger partial charge is 0.263 e. The second-order valence-corrected chi connectivity index (χ2v) is 10.6. The number of aromatic nitrogens is 3. The van der Waals surface area contributed by atoms with E-state index < -0.39 is 0 Å². The number of pyridine rings is 1. The molecule has 2 aromatic heterocycles. The molecule has 0 spiro atoms. The van der Waals surface area contributed by atoms with Crippen molar-refractivity contribution in [2.45, 2.75) is 45.8 Å². The first-order chi connectivity index (χ1) is 18.2. The highest BCUT2D eigenvalue weighted by molar-refractivity contribution is 6.09. The first-order valence-corrected chi connectivity index (χ1v) is 13.2. The van der Waals surface area contributed by atoms with Gasteiger partial charge in [-0.2, -0.15) is 4.98 Å². The lowest BCUT2D eigenvalue weighted by molar-refractivity contribution is 0.0989. The fraction of sp³-hybridized carbons (Fsp3) is 0.448. The first kappa shape index (κ1) is 27.3. The number of carbonyl (C=O) groups is 1. The molecule has 0 aliphatic carbocycles. The van der Waals surface area contributed by atoms with Gasteiger partial charge in [-0.3, -0.25) is 9.78 Å². The Labute approximate surface area is 225 Å². The SMILES string of the molecule is CCNc1ncc2c(n1)N(C)CCN(c1cccc(OC(CCN(C)C(C)(C)C)c3ccccn3)c1)C2=O. The number of rotatable bonds is 9. The molecule has 0 bridgehead atoms. The summed E-state index contributed by atoms with van der Waals surface area (Å²) in [4.78, 5) is 33.2. The van der Waals surface area contributed by atoms with Crippen LogP contribution in [-0.2, 0) is 0 Å². The van der Waals surface area contributed by atoms with E-state index in [9.17, 15) is 4.79 Å². The minimum atomic E-state index is -0.221. The summed E-state index contributed by atoms with van der Waals surface area (Å²) in [6.07, 6.45) is 3.96. The average molecular weight is 518 g/mol. The largest absolute Gasteiger partial charge is 0.484 e. The van der Waals surface area contributed by atoms with Gasteiger partial charge in [-0.15, -0.1) is 0 Å². The number of anilines is 3. The normalized spacial score (nSPS) is 14.8. The fourth-order valence-corrected chi connectivity index (χ4v) is 4.28. The number of hydrogen-bond acceptors (Lipinski definition) is 8. The maximum Gasteiger partial charge on any atom is 0.263 e. The number of fused-ring (bicyclic) bond motifs is 1. The summed E-state index contributed by atoms with van der Waals surface area (Å²) in [5.74, 6) is 1.72. The molecule has 9 nitrogen and oxygen atoms in total. The molecule has 0 fully saturated rings. The van der Waals surface area contributed by atoms with Crippen molar-refractivity contribution in [3.05, 3.63) is 66.1 Å². The van der Waals surface area contributed by atoms with E-state index in [1.54, 1.807) is 17.3 Å². The van der Waals surface area contributed by atoms with Crippen LogP contribution in [0.1, 0.15) is 56.3 Å². The molecule has 0 saturated heterocycles. The van der Waals surface area contributed by atoms with E-state index in [2.05, 4.69) is 53.0 Å². The van der Waals surface area contributed by atoms with Crippen LogP contribution in [0, 0.1) is 0 Å².